The molecule has 0 bridgehead atoms. The van der Waals surface area contributed by atoms with Crippen LogP contribution in [0.3, 0.4) is 0 Å². The van der Waals surface area contributed by atoms with E-state index < -0.39 is 9.84 Å². The number of carbonyl (C=O) groups excluding carboxylic acids is 1. The summed E-state index contributed by atoms with van der Waals surface area (Å²) in [6.07, 6.45) is 2.57. The molecule has 1 N–H and O–H groups in total. The highest BCUT2D eigenvalue weighted by Gasteiger charge is 2.08. The van der Waals surface area contributed by atoms with E-state index in [9.17, 15) is 13.2 Å². The number of rotatable bonds is 6. The van der Waals surface area contributed by atoms with Gasteiger partial charge in [0.15, 0.2) is 15.6 Å². The van der Waals surface area contributed by atoms with Crippen molar-refractivity contribution in [2.75, 3.05) is 19.4 Å². The van der Waals surface area contributed by atoms with Crippen molar-refractivity contribution in [1.29, 1.82) is 0 Å². The molecule has 2 rings (SSSR count). The molecule has 0 aliphatic carbocycles. The molecule has 6 nitrogen and oxygen atoms in total. The largest absolute Gasteiger partial charge is 0.492 e. The first-order valence-electron chi connectivity index (χ1n) is 6.21. The molecule has 1 heterocycles. The van der Waals surface area contributed by atoms with E-state index in [4.69, 9.17) is 9.15 Å². The maximum atomic E-state index is 11.5. The Morgan fingerprint density at radius 3 is 2.52 bits per heavy atom. The molecule has 0 saturated heterocycles. The zero-order chi connectivity index (χ0) is 15.3. The van der Waals surface area contributed by atoms with Gasteiger partial charge in [-0.3, -0.25) is 4.79 Å². The monoisotopic (exact) mass is 309 g/mol. The minimum Gasteiger partial charge on any atom is -0.492 e. The van der Waals surface area contributed by atoms with Crippen molar-refractivity contribution in [3.63, 3.8) is 0 Å². The summed E-state index contributed by atoms with van der Waals surface area (Å²) in [5, 5.41) is 2.64. The zero-order valence-corrected chi connectivity index (χ0v) is 12.2. The van der Waals surface area contributed by atoms with Crippen LogP contribution in [0.2, 0.25) is 0 Å². The number of hydrogen-bond donors (Lipinski definition) is 1. The van der Waals surface area contributed by atoms with Crippen molar-refractivity contribution in [3.05, 3.63) is 48.4 Å². The molecule has 0 radical (unpaired) electrons. The number of amides is 1. The van der Waals surface area contributed by atoms with E-state index >= 15 is 0 Å². The van der Waals surface area contributed by atoms with E-state index in [0.717, 1.165) is 6.26 Å². The first kappa shape index (κ1) is 15.1. The third-order valence-electron chi connectivity index (χ3n) is 2.65. The summed E-state index contributed by atoms with van der Waals surface area (Å²) in [6, 6.07) is 9.31. The predicted octanol–water partition coefficient (Wildman–Crippen LogP) is 1.49. The molecule has 0 saturated carbocycles. The molecule has 112 valence electrons. The summed E-state index contributed by atoms with van der Waals surface area (Å²) in [5.74, 6) is 0.471. The summed E-state index contributed by atoms with van der Waals surface area (Å²) in [5.41, 5.74) is 0. The summed E-state index contributed by atoms with van der Waals surface area (Å²) in [6.45, 7) is 0.581. The number of carbonyl (C=O) groups is 1. The third-order valence-corrected chi connectivity index (χ3v) is 3.78. The minimum atomic E-state index is -3.20. The first-order chi connectivity index (χ1) is 9.97. The summed E-state index contributed by atoms with van der Waals surface area (Å²) in [4.78, 5) is 11.8. The van der Waals surface area contributed by atoms with Gasteiger partial charge in [0, 0.05) is 6.26 Å². The van der Waals surface area contributed by atoms with E-state index in [1.165, 1.54) is 18.4 Å². The predicted molar refractivity (Wildman–Crippen MR) is 76.1 cm³/mol. The molecule has 7 heteroatoms. The standard InChI is InChI=1S/C14H15NO5S/c1-21(17,18)12-6-4-11(5-7-12)19-10-8-15-14(16)13-3-2-9-20-13/h2-7,9H,8,10H2,1H3,(H,15,16). The van der Waals surface area contributed by atoms with Gasteiger partial charge in [0.1, 0.15) is 12.4 Å². The number of furan rings is 1. The highest BCUT2D eigenvalue weighted by atomic mass is 32.2. The van der Waals surface area contributed by atoms with Crippen molar-refractivity contribution in [1.82, 2.24) is 5.32 Å². The van der Waals surface area contributed by atoms with Gasteiger partial charge < -0.3 is 14.5 Å². The zero-order valence-electron chi connectivity index (χ0n) is 11.4. The van der Waals surface area contributed by atoms with Gasteiger partial charge in [0.05, 0.1) is 17.7 Å². The Labute approximate surface area is 122 Å². The maximum absolute atomic E-state index is 11.5. The van der Waals surface area contributed by atoms with Gasteiger partial charge in [-0.15, -0.1) is 0 Å². The number of benzene rings is 1. The lowest BCUT2D eigenvalue weighted by Crippen LogP contribution is -2.27. The van der Waals surface area contributed by atoms with Gasteiger partial charge in [-0.25, -0.2) is 8.42 Å². The quantitative estimate of drug-likeness (QED) is 0.817. The smallest absolute Gasteiger partial charge is 0.287 e. The summed E-state index contributed by atoms with van der Waals surface area (Å²) >= 11 is 0. The molecule has 0 atom stereocenters. The van der Waals surface area contributed by atoms with Gasteiger partial charge in [0.2, 0.25) is 0 Å². The fraction of sp³-hybridized carbons (Fsp3) is 0.214. The van der Waals surface area contributed by atoms with Crippen LogP contribution in [0.4, 0.5) is 0 Å². The van der Waals surface area contributed by atoms with Crippen LogP contribution in [0.15, 0.2) is 52.0 Å². The lowest BCUT2D eigenvalue weighted by molar-refractivity contribution is 0.0919. The van der Waals surface area contributed by atoms with E-state index in [-0.39, 0.29) is 23.2 Å². The number of hydrogen-bond acceptors (Lipinski definition) is 5. The first-order valence-corrected chi connectivity index (χ1v) is 8.10. The minimum absolute atomic E-state index is 0.237. The lowest BCUT2D eigenvalue weighted by Gasteiger charge is -2.07. The van der Waals surface area contributed by atoms with E-state index in [1.807, 2.05) is 0 Å². The van der Waals surface area contributed by atoms with E-state index in [1.54, 1.807) is 24.3 Å². The molecule has 1 amide bonds. The van der Waals surface area contributed by atoms with Gasteiger partial charge >= 0.3 is 0 Å². The van der Waals surface area contributed by atoms with E-state index in [2.05, 4.69) is 5.32 Å². The third kappa shape index (κ3) is 4.35. The van der Waals surface area contributed by atoms with Gasteiger partial charge in [-0.2, -0.15) is 0 Å². The summed E-state index contributed by atoms with van der Waals surface area (Å²) < 4.78 is 32.9. The van der Waals surface area contributed by atoms with Crippen LogP contribution in [-0.2, 0) is 9.84 Å². The number of nitrogens with one attached hydrogen (secondary N) is 1. The van der Waals surface area contributed by atoms with Crippen LogP contribution in [0.1, 0.15) is 10.6 Å². The van der Waals surface area contributed by atoms with Crippen LogP contribution in [-0.4, -0.2) is 33.7 Å². The van der Waals surface area contributed by atoms with Crippen LogP contribution < -0.4 is 10.1 Å². The topological polar surface area (TPSA) is 85.6 Å². The normalized spacial score (nSPS) is 11.1. The summed E-state index contributed by atoms with van der Waals surface area (Å²) in [7, 11) is -3.20. The molecule has 0 spiro atoms. The fourth-order valence-corrected chi connectivity index (χ4v) is 2.24. The van der Waals surface area contributed by atoms with Crippen molar-refractivity contribution in [3.8, 4) is 5.75 Å². The molecule has 0 fully saturated rings. The molecule has 0 aliphatic heterocycles. The van der Waals surface area contributed by atoms with Crippen molar-refractivity contribution in [2.45, 2.75) is 4.90 Å². The van der Waals surface area contributed by atoms with Gasteiger partial charge in [0.25, 0.3) is 5.91 Å². The second-order valence-corrected chi connectivity index (χ2v) is 6.34. The Morgan fingerprint density at radius 2 is 1.95 bits per heavy atom. The Hall–Kier alpha value is -2.28. The Bertz CT molecular complexity index is 689. The molecule has 1 aromatic heterocycles. The molecule has 0 aliphatic rings. The Kier molecular flexibility index (Phi) is 4.64. The number of ether oxygens (including phenoxy) is 1. The Morgan fingerprint density at radius 1 is 1.24 bits per heavy atom. The fourth-order valence-electron chi connectivity index (χ4n) is 1.61. The SMILES string of the molecule is CS(=O)(=O)c1ccc(OCCNC(=O)c2ccco2)cc1. The van der Waals surface area contributed by atoms with Crippen LogP contribution in [0.5, 0.6) is 5.75 Å². The van der Waals surface area contributed by atoms with Crippen LogP contribution >= 0.6 is 0 Å². The number of sulfone groups is 1. The van der Waals surface area contributed by atoms with Crippen molar-refractivity contribution >= 4 is 15.7 Å². The lowest BCUT2D eigenvalue weighted by atomic mass is 10.3. The van der Waals surface area contributed by atoms with Crippen molar-refractivity contribution in [2.24, 2.45) is 0 Å². The van der Waals surface area contributed by atoms with Crippen LogP contribution in [0, 0.1) is 0 Å². The van der Waals surface area contributed by atoms with E-state index in [0.29, 0.717) is 12.3 Å². The van der Waals surface area contributed by atoms with Gasteiger partial charge in [-0.05, 0) is 36.4 Å². The van der Waals surface area contributed by atoms with Gasteiger partial charge in [-0.1, -0.05) is 0 Å². The molecule has 21 heavy (non-hydrogen) atoms. The highest BCUT2D eigenvalue weighted by molar-refractivity contribution is 7.90. The Balaban J connectivity index is 1.78. The highest BCUT2D eigenvalue weighted by Crippen LogP contribution is 2.15. The second-order valence-electron chi connectivity index (χ2n) is 4.33. The molecule has 2 aromatic rings. The average molecular weight is 309 g/mol. The van der Waals surface area contributed by atoms with Crippen LogP contribution in [0.25, 0.3) is 0 Å². The molecule has 0 unspecified atom stereocenters. The molecular formula is C14H15NO5S. The average Bonchev–Trinajstić information content (AvgIpc) is 2.97. The molecule has 1 aromatic carbocycles. The maximum Gasteiger partial charge on any atom is 0.287 e. The molecular weight excluding hydrogens is 294 g/mol. The van der Waals surface area contributed by atoms with Crippen molar-refractivity contribution < 1.29 is 22.4 Å². The second kappa shape index (κ2) is 6.45.